The van der Waals surface area contributed by atoms with Crippen LogP contribution in [0.4, 0.5) is 15.8 Å². The Bertz CT molecular complexity index is 892. The number of amides is 1. The Morgan fingerprint density at radius 3 is 2.76 bits per heavy atom. The predicted octanol–water partition coefficient (Wildman–Crippen LogP) is 3.43. The second kappa shape index (κ2) is 8.41. The molecule has 2 heterocycles. The van der Waals surface area contributed by atoms with Crippen molar-refractivity contribution in [3.63, 3.8) is 0 Å². The van der Waals surface area contributed by atoms with Crippen LogP contribution in [-0.4, -0.2) is 50.6 Å². The summed E-state index contributed by atoms with van der Waals surface area (Å²) in [6, 6.07) is 10.4. The summed E-state index contributed by atoms with van der Waals surface area (Å²) in [5.41, 5.74) is 4.65. The minimum absolute atomic E-state index is 0.105. The van der Waals surface area contributed by atoms with Crippen molar-refractivity contribution in [1.29, 1.82) is 0 Å². The minimum atomic E-state index is -0.291. The lowest BCUT2D eigenvalue weighted by atomic mass is 9.96. The van der Waals surface area contributed by atoms with E-state index >= 15 is 0 Å². The van der Waals surface area contributed by atoms with Crippen molar-refractivity contribution in [2.75, 3.05) is 50.0 Å². The van der Waals surface area contributed by atoms with E-state index in [0.717, 1.165) is 68.1 Å². The molecule has 0 aromatic heterocycles. The van der Waals surface area contributed by atoms with Crippen LogP contribution in [0, 0.1) is 5.82 Å². The Morgan fingerprint density at radius 2 is 1.97 bits per heavy atom. The van der Waals surface area contributed by atoms with Crippen molar-refractivity contribution in [3.05, 3.63) is 58.9 Å². The van der Waals surface area contributed by atoms with Crippen LogP contribution in [0.15, 0.2) is 36.4 Å². The van der Waals surface area contributed by atoms with Crippen LogP contribution in [0.1, 0.15) is 40.9 Å². The molecule has 2 aliphatic rings. The number of halogens is 1. The Hall–Kier alpha value is -2.60. The van der Waals surface area contributed by atoms with Crippen molar-refractivity contribution in [2.45, 2.75) is 25.8 Å². The number of carbonyl (C=O) groups excluding carboxylic acids is 1. The molecule has 2 aromatic rings. The van der Waals surface area contributed by atoms with Gasteiger partial charge in [-0.05, 0) is 62.7 Å². The van der Waals surface area contributed by atoms with E-state index in [9.17, 15) is 9.18 Å². The van der Waals surface area contributed by atoms with Gasteiger partial charge in [-0.2, -0.15) is 0 Å². The quantitative estimate of drug-likeness (QED) is 0.831. The van der Waals surface area contributed by atoms with Crippen LogP contribution in [0.2, 0.25) is 0 Å². The van der Waals surface area contributed by atoms with Crippen molar-refractivity contribution in [1.82, 2.24) is 10.2 Å². The predicted molar refractivity (Wildman–Crippen MR) is 115 cm³/mol. The number of benzene rings is 2. The van der Waals surface area contributed by atoms with Gasteiger partial charge in [0.2, 0.25) is 0 Å². The summed E-state index contributed by atoms with van der Waals surface area (Å²) < 4.78 is 14.1. The minimum Gasteiger partial charge on any atom is -0.385 e. The molecule has 0 bridgehead atoms. The van der Waals surface area contributed by atoms with Gasteiger partial charge in [0, 0.05) is 55.2 Å². The van der Waals surface area contributed by atoms with Gasteiger partial charge in [0.15, 0.2) is 0 Å². The molecule has 5 nitrogen and oxygen atoms in total. The fourth-order valence-electron chi connectivity index (χ4n) is 4.28. The van der Waals surface area contributed by atoms with Crippen LogP contribution in [0.3, 0.4) is 0 Å². The molecule has 29 heavy (non-hydrogen) atoms. The van der Waals surface area contributed by atoms with Crippen molar-refractivity contribution < 1.29 is 9.18 Å². The van der Waals surface area contributed by atoms with E-state index in [4.69, 9.17) is 0 Å². The summed E-state index contributed by atoms with van der Waals surface area (Å²) in [6.45, 7) is 6.61. The SMILES string of the molecule is CC(NC(=O)c1cccc2c1CCCN2)c1cc(F)ccc1N1CCN(C)CC1. The molecule has 0 radical (unpaired) electrons. The second-order valence-electron chi connectivity index (χ2n) is 8.05. The number of piperazine rings is 1. The molecule has 0 aliphatic carbocycles. The lowest BCUT2D eigenvalue weighted by molar-refractivity contribution is 0.0939. The maximum Gasteiger partial charge on any atom is 0.252 e. The second-order valence-corrected chi connectivity index (χ2v) is 8.05. The Morgan fingerprint density at radius 1 is 1.17 bits per heavy atom. The van der Waals surface area contributed by atoms with Gasteiger partial charge >= 0.3 is 0 Å². The first kappa shape index (κ1) is 19.7. The molecule has 1 saturated heterocycles. The van der Waals surface area contributed by atoms with Gasteiger partial charge < -0.3 is 20.4 Å². The summed E-state index contributed by atoms with van der Waals surface area (Å²) in [5.74, 6) is -0.382. The average molecular weight is 397 g/mol. The highest BCUT2D eigenvalue weighted by atomic mass is 19.1. The lowest BCUT2D eigenvalue weighted by Crippen LogP contribution is -2.45. The van der Waals surface area contributed by atoms with E-state index in [0.29, 0.717) is 5.56 Å². The summed E-state index contributed by atoms with van der Waals surface area (Å²) in [6.07, 6.45) is 1.91. The average Bonchev–Trinajstić information content (AvgIpc) is 2.74. The number of hydrogen-bond acceptors (Lipinski definition) is 4. The first-order chi connectivity index (χ1) is 14.0. The van der Waals surface area contributed by atoms with E-state index in [-0.39, 0.29) is 17.8 Å². The number of hydrogen-bond donors (Lipinski definition) is 2. The number of rotatable bonds is 4. The van der Waals surface area contributed by atoms with Gasteiger partial charge in [0.1, 0.15) is 5.82 Å². The van der Waals surface area contributed by atoms with Gasteiger partial charge in [-0.3, -0.25) is 4.79 Å². The Labute approximate surface area is 171 Å². The molecule has 6 heteroatoms. The van der Waals surface area contributed by atoms with Gasteiger partial charge in [0.25, 0.3) is 5.91 Å². The van der Waals surface area contributed by atoms with Crippen LogP contribution >= 0.6 is 0 Å². The highest BCUT2D eigenvalue weighted by molar-refractivity contribution is 5.97. The smallest absolute Gasteiger partial charge is 0.252 e. The van der Waals surface area contributed by atoms with Crippen LogP contribution in [-0.2, 0) is 6.42 Å². The molecule has 2 N–H and O–H groups in total. The van der Waals surface area contributed by atoms with E-state index in [2.05, 4.69) is 27.5 Å². The molecule has 1 fully saturated rings. The molecule has 4 rings (SSSR count). The van der Waals surface area contributed by atoms with Crippen molar-refractivity contribution in [2.24, 2.45) is 0 Å². The number of likely N-dealkylation sites (N-methyl/N-ethyl adjacent to an activating group) is 1. The molecule has 1 atom stereocenters. The molecule has 1 unspecified atom stereocenters. The lowest BCUT2D eigenvalue weighted by Gasteiger charge is -2.36. The van der Waals surface area contributed by atoms with E-state index in [1.54, 1.807) is 6.07 Å². The zero-order valence-electron chi connectivity index (χ0n) is 17.2. The van der Waals surface area contributed by atoms with Crippen molar-refractivity contribution in [3.8, 4) is 0 Å². The first-order valence-electron chi connectivity index (χ1n) is 10.4. The maximum absolute atomic E-state index is 14.1. The van der Waals surface area contributed by atoms with Crippen LogP contribution < -0.4 is 15.5 Å². The third-order valence-corrected chi connectivity index (χ3v) is 5.99. The summed E-state index contributed by atoms with van der Waals surface area (Å²) >= 11 is 0. The van der Waals surface area contributed by atoms with Gasteiger partial charge in [-0.25, -0.2) is 4.39 Å². The molecule has 1 amide bonds. The molecule has 154 valence electrons. The molecule has 0 saturated carbocycles. The van der Waals surface area contributed by atoms with Gasteiger partial charge in [0.05, 0.1) is 6.04 Å². The van der Waals surface area contributed by atoms with E-state index in [1.165, 1.54) is 6.07 Å². The monoisotopic (exact) mass is 396 g/mol. The highest BCUT2D eigenvalue weighted by Crippen LogP contribution is 2.30. The van der Waals surface area contributed by atoms with Crippen molar-refractivity contribution >= 4 is 17.3 Å². The molecular weight excluding hydrogens is 367 g/mol. The molecule has 0 spiro atoms. The summed E-state index contributed by atoms with van der Waals surface area (Å²) in [5, 5.41) is 6.47. The number of nitrogens with one attached hydrogen (secondary N) is 2. The molecule has 2 aromatic carbocycles. The van der Waals surface area contributed by atoms with Gasteiger partial charge in [-0.15, -0.1) is 0 Å². The topological polar surface area (TPSA) is 47.6 Å². The number of carbonyl (C=O) groups is 1. The summed E-state index contributed by atoms with van der Waals surface area (Å²) in [4.78, 5) is 17.6. The standard InChI is InChI=1S/C23H29FN4O/c1-16(26-23(29)19-5-3-7-21-18(19)6-4-10-25-21)20-15-17(24)8-9-22(20)28-13-11-27(2)12-14-28/h3,5,7-9,15-16,25H,4,6,10-14H2,1-2H3,(H,26,29). The van der Waals surface area contributed by atoms with Crippen LogP contribution in [0.5, 0.6) is 0 Å². The van der Waals surface area contributed by atoms with Crippen LogP contribution in [0.25, 0.3) is 0 Å². The molecule has 2 aliphatic heterocycles. The summed E-state index contributed by atoms with van der Waals surface area (Å²) in [7, 11) is 2.11. The third-order valence-electron chi connectivity index (χ3n) is 5.99. The maximum atomic E-state index is 14.1. The zero-order valence-corrected chi connectivity index (χ0v) is 17.2. The number of anilines is 2. The van der Waals surface area contributed by atoms with Gasteiger partial charge in [-0.1, -0.05) is 6.07 Å². The molecular formula is C23H29FN4O. The van der Waals surface area contributed by atoms with E-state index in [1.807, 2.05) is 31.2 Å². The number of fused-ring (bicyclic) bond motifs is 1. The normalized spacial score (nSPS) is 18.0. The zero-order chi connectivity index (χ0) is 20.4. The fraction of sp³-hybridized carbons (Fsp3) is 0.435. The largest absolute Gasteiger partial charge is 0.385 e. The Balaban J connectivity index is 1.56. The first-order valence-corrected chi connectivity index (χ1v) is 10.4. The highest BCUT2D eigenvalue weighted by Gasteiger charge is 2.23. The third kappa shape index (κ3) is 4.22. The van der Waals surface area contributed by atoms with E-state index < -0.39 is 0 Å². The fourth-order valence-corrected chi connectivity index (χ4v) is 4.28. The Kier molecular flexibility index (Phi) is 5.72. The number of nitrogens with zero attached hydrogens (tertiary/aromatic N) is 2.